The topological polar surface area (TPSA) is 78.4 Å². The molecule has 0 aromatic carbocycles. The first kappa shape index (κ1) is 18.6. The number of nitrogens with zero attached hydrogens (tertiary/aromatic N) is 2. The van der Waals surface area contributed by atoms with Crippen LogP contribution in [-0.2, 0) is 11.3 Å². The summed E-state index contributed by atoms with van der Waals surface area (Å²) < 4.78 is 0. The molecular weight excluding hydrogens is 369 g/mol. The normalized spacial score (nSPS) is 10.4. The highest BCUT2D eigenvalue weighted by molar-refractivity contribution is 14.0. The van der Waals surface area contributed by atoms with Crippen molar-refractivity contribution in [1.82, 2.24) is 20.9 Å². The number of amides is 1. The summed E-state index contributed by atoms with van der Waals surface area (Å²) in [7, 11) is 0. The standard InChI is InChI=1S/C13H21N5O.HI/c1-3-14-13(17-9-8-15-11(2)19)18-10-12-6-4-5-7-16-12;/h4-7H,3,8-10H2,1-2H3,(H,15,19)(H2,14,17,18);1H. The number of carbonyl (C=O) groups excluding carboxylic acids is 1. The van der Waals surface area contributed by atoms with Crippen LogP contribution in [0.2, 0.25) is 0 Å². The van der Waals surface area contributed by atoms with Crippen molar-refractivity contribution in [3.05, 3.63) is 30.1 Å². The largest absolute Gasteiger partial charge is 0.357 e. The Morgan fingerprint density at radius 3 is 2.60 bits per heavy atom. The van der Waals surface area contributed by atoms with Crippen LogP contribution >= 0.6 is 24.0 Å². The van der Waals surface area contributed by atoms with Gasteiger partial charge in [-0.1, -0.05) is 6.07 Å². The van der Waals surface area contributed by atoms with Gasteiger partial charge in [-0.2, -0.15) is 0 Å². The van der Waals surface area contributed by atoms with Gasteiger partial charge in [0.2, 0.25) is 5.91 Å². The lowest BCUT2D eigenvalue weighted by Gasteiger charge is -2.11. The molecule has 0 saturated carbocycles. The Kier molecular flexibility index (Phi) is 10.7. The highest BCUT2D eigenvalue weighted by Gasteiger charge is 1.97. The smallest absolute Gasteiger partial charge is 0.216 e. The van der Waals surface area contributed by atoms with Gasteiger partial charge in [-0.25, -0.2) is 4.99 Å². The Morgan fingerprint density at radius 2 is 2.00 bits per heavy atom. The summed E-state index contributed by atoms with van der Waals surface area (Å²) in [6.07, 6.45) is 1.75. The minimum atomic E-state index is -0.0303. The van der Waals surface area contributed by atoms with Gasteiger partial charge in [0.25, 0.3) is 0 Å². The van der Waals surface area contributed by atoms with Crippen molar-refractivity contribution < 1.29 is 4.79 Å². The average molecular weight is 391 g/mol. The maximum Gasteiger partial charge on any atom is 0.216 e. The highest BCUT2D eigenvalue weighted by atomic mass is 127. The molecule has 1 rings (SSSR count). The summed E-state index contributed by atoms with van der Waals surface area (Å²) in [4.78, 5) is 19.4. The second-order valence-electron chi connectivity index (χ2n) is 3.93. The maximum atomic E-state index is 10.7. The number of rotatable bonds is 6. The molecule has 1 aromatic rings. The minimum absolute atomic E-state index is 0. The first-order chi connectivity index (χ1) is 9.22. The average Bonchev–Trinajstić information content (AvgIpc) is 2.41. The van der Waals surface area contributed by atoms with Crippen LogP contribution < -0.4 is 16.0 Å². The van der Waals surface area contributed by atoms with Crippen LogP contribution in [0.1, 0.15) is 19.5 Å². The molecule has 20 heavy (non-hydrogen) atoms. The van der Waals surface area contributed by atoms with Crippen molar-refractivity contribution in [2.24, 2.45) is 4.99 Å². The predicted molar refractivity (Wildman–Crippen MR) is 91.2 cm³/mol. The Morgan fingerprint density at radius 1 is 1.25 bits per heavy atom. The summed E-state index contributed by atoms with van der Waals surface area (Å²) in [5.74, 6) is 0.690. The number of aromatic nitrogens is 1. The molecule has 6 nitrogen and oxygen atoms in total. The Bertz CT molecular complexity index is 410. The van der Waals surface area contributed by atoms with Crippen molar-refractivity contribution in [1.29, 1.82) is 0 Å². The van der Waals surface area contributed by atoms with Gasteiger partial charge in [0.1, 0.15) is 0 Å². The number of hydrogen-bond acceptors (Lipinski definition) is 3. The molecule has 112 valence electrons. The molecule has 0 unspecified atom stereocenters. The molecule has 0 radical (unpaired) electrons. The second kappa shape index (κ2) is 11.4. The van der Waals surface area contributed by atoms with E-state index in [4.69, 9.17) is 0 Å². The molecule has 0 saturated heterocycles. The SMILES string of the molecule is CCNC(=NCc1ccccn1)NCCNC(C)=O.I. The van der Waals surface area contributed by atoms with Gasteiger partial charge in [-0.15, -0.1) is 24.0 Å². The van der Waals surface area contributed by atoms with Gasteiger partial charge >= 0.3 is 0 Å². The highest BCUT2D eigenvalue weighted by Crippen LogP contribution is 1.94. The lowest BCUT2D eigenvalue weighted by Crippen LogP contribution is -2.41. The third-order valence-electron chi connectivity index (χ3n) is 2.26. The van der Waals surface area contributed by atoms with Crippen molar-refractivity contribution in [2.75, 3.05) is 19.6 Å². The van der Waals surface area contributed by atoms with Crippen LogP contribution in [0.4, 0.5) is 0 Å². The van der Waals surface area contributed by atoms with E-state index in [2.05, 4.69) is 25.9 Å². The Balaban J connectivity index is 0.00000361. The van der Waals surface area contributed by atoms with Crippen LogP contribution in [0.25, 0.3) is 0 Å². The number of guanidine groups is 1. The molecule has 3 N–H and O–H groups in total. The lowest BCUT2D eigenvalue weighted by molar-refractivity contribution is -0.118. The quantitative estimate of drug-likeness (QED) is 0.291. The molecular formula is C13H22IN5O. The van der Waals surface area contributed by atoms with E-state index in [1.54, 1.807) is 6.20 Å². The van der Waals surface area contributed by atoms with E-state index >= 15 is 0 Å². The second-order valence-corrected chi connectivity index (χ2v) is 3.93. The van der Waals surface area contributed by atoms with E-state index < -0.39 is 0 Å². The van der Waals surface area contributed by atoms with E-state index in [1.807, 2.05) is 25.1 Å². The van der Waals surface area contributed by atoms with Gasteiger partial charge < -0.3 is 16.0 Å². The van der Waals surface area contributed by atoms with E-state index in [0.717, 1.165) is 18.2 Å². The zero-order valence-electron chi connectivity index (χ0n) is 11.8. The van der Waals surface area contributed by atoms with E-state index in [0.29, 0.717) is 19.6 Å². The predicted octanol–water partition coefficient (Wildman–Crippen LogP) is 0.891. The van der Waals surface area contributed by atoms with Crippen molar-refractivity contribution in [2.45, 2.75) is 20.4 Å². The molecule has 1 aromatic heterocycles. The fourth-order valence-electron chi connectivity index (χ4n) is 1.41. The molecule has 0 aliphatic carbocycles. The molecule has 0 bridgehead atoms. The molecule has 1 heterocycles. The van der Waals surface area contributed by atoms with E-state index in [1.165, 1.54) is 6.92 Å². The number of hydrogen-bond donors (Lipinski definition) is 3. The zero-order valence-corrected chi connectivity index (χ0v) is 14.2. The third kappa shape index (κ3) is 8.68. The van der Waals surface area contributed by atoms with Crippen molar-refractivity contribution >= 4 is 35.8 Å². The number of aliphatic imine (C=N–C) groups is 1. The van der Waals surface area contributed by atoms with Crippen molar-refractivity contribution in [3.8, 4) is 0 Å². The molecule has 0 spiro atoms. The fraction of sp³-hybridized carbons (Fsp3) is 0.462. The fourth-order valence-corrected chi connectivity index (χ4v) is 1.41. The molecule has 0 fully saturated rings. The van der Waals surface area contributed by atoms with Gasteiger partial charge in [0.15, 0.2) is 5.96 Å². The molecule has 7 heteroatoms. The van der Waals surface area contributed by atoms with Crippen LogP contribution in [0.15, 0.2) is 29.4 Å². The number of pyridine rings is 1. The molecule has 0 aliphatic rings. The third-order valence-corrected chi connectivity index (χ3v) is 2.26. The lowest BCUT2D eigenvalue weighted by atomic mass is 10.3. The van der Waals surface area contributed by atoms with E-state index in [9.17, 15) is 4.79 Å². The summed E-state index contributed by atoms with van der Waals surface area (Å²) in [5.41, 5.74) is 0.918. The summed E-state index contributed by atoms with van der Waals surface area (Å²) in [6.45, 7) is 6.02. The van der Waals surface area contributed by atoms with Crippen LogP contribution in [-0.4, -0.2) is 36.5 Å². The first-order valence-electron chi connectivity index (χ1n) is 6.39. The number of halogens is 1. The van der Waals surface area contributed by atoms with Gasteiger partial charge in [-0.3, -0.25) is 9.78 Å². The Labute approximate surface area is 136 Å². The monoisotopic (exact) mass is 391 g/mol. The van der Waals surface area contributed by atoms with Crippen LogP contribution in [0.3, 0.4) is 0 Å². The van der Waals surface area contributed by atoms with Crippen LogP contribution in [0.5, 0.6) is 0 Å². The number of nitrogens with one attached hydrogen (secondary N) is 3. The molecule has 1 amide bonds. The molecule has 0 aliphatic heterocycles. The molecule has 0 atom stereocenters. The van der Waals surface area contributed by atoms with Crippen molar-refractivity contribution in [3.63, 3.8) is 0 Å². The van der Waals surface area contributed by atoms with Gasteiger partial charge in [0.05, 0.1) is 12.2 Å². The Hall–Kier alpha value is -1.38. The van der Waals surface area contributed by atoms with Crippen LogP contribution in [0, 0.1) is 0 Å². The summed E-state index contributed by atoms with van der Waals surface area (Å²) in [5, 5.41) is 9.00. The minimum Gasteiger partial charge on any atom is -0.357 e. The van der Waals surface area contributed by atoms with Gasteiger partial charge in [-0.05, 0) is 19.1 Å². The van der Waals surface area contributed by atoms with E-state index in [-0.39, 0.29) is 29.9 Å². The number of carbonyl (C=O) groups is 1. The maximum absolute atomic E-state index is 10.7. The first-order valence-corrected chi connectivity index (χ1v) is 6.39. The summed E-state index contributed by atoms with van der Waals surface area (Å²) >= 11 is 0. The zero-order chi connectivity index (χ0) is 13.9. The van der Waals surface area contributed by atoms with Gasteiger partial charge in [0, 0.05) is 32.8 Å². The summed E-state index contributed by atoms with van der Waals surface area (Å²) in [6, 6.07) is 5.75.